The molecule has 2 heteroatoms. The van der Waals surface area contributed by atoms with Crippen molar-refractivity contribution in [2.45, 2.75) is 58.9 Å². The van der Waals surface area contributed by atoms with Gasteiger partial charge in [-0.1, -0.05) is 39.3 Å². The lowest BCUT2D eigenvalue weighted by Gasteiger charge is -2.35. The summed E-state index contributed by atoms with van der Waals surface area (Å²) in [5.74, 6) is 0.569. The van der Waals surface area contributed by atoms with E-state index in [0.29, 0.717) is 17.4 Å². The third-order valence-electron chi connectivity index (χ3n) is 4.83. The van der Waals surface area contributed by atoms with E-state index >= 15 is 0 Å². The van der Waals surface area contributed by atoms with Gasteiger partial charge in [-0.3, -0.25) is 0 Å². The van der Waals surface area contributed by atoms with Gasteiger partial charge in [-0.25, -0.2) is 4.39 Å². The Labute approximate surface area is 123 Å². The van der Waals surface area contributed by atoms with Gasteiger partial charge in [0.1, 0.15) is 5.82 Å². The molecular formula is C18H28FN. The third kappa shape index (κ3) is 3.82. The average Bonchev–Trinajstić information content (AvgIpc) is 2.74. The standard InChI is InChI=1S/C18H28FN/c1-4-11-20-17(16-9-6-10-18(16,2)3)13-14-7-5-8-15(19)12-14/h5,7-8,12,16-17,20H,4,6,9-11,13H2,1-3H3. The van der Waals surface area contributed by atoms with Gasteiger partial charge in [0.2, 0.25) is 0 Å². The second-order valence-electron chi connectivity index (χ2n) is 6.88. The van der Waals surface area contributed by atoms with Crippen molar-refractivity contribution in [2.75, 3.05) is 6.54 Å². The molecule has 0 saturated heterocycles. The highest BCUT2D eigenvalue weighted by atomic mass is 19.1. The van der Waals surface area contributed by atoms with E-state index in [9.17, 15) is 4.39 Å². The summed E-state index contributed by atoms with van der Waals surface area (Å²) in [6, 6.07) is 7.54. The third-order valence-corrected chi connectivity index (χ3v) is 4.83. The minimum Gasteiger partial charge on any atom is -0.313 e. The zero-order valence-corrected chi connectivity index (χ0v) is 13.1. The van der Waals surface area contributed by atoms with Crippen LogP contribution in [0.5, 0.6) is 0 Å². The largest absolute Gasteiger partial charge is 0.313 e. The Morgan fingerprint density at radius 3 is 2.80 bits per heavy atom. The van der Waals surface area contributed by atoms with Crippen molar-refractivity contribution in [1.29, 1.82) is 0 Å². The normalized spacial score (nSPS) is 22.9. The molecule has 1 saturated carbocycles. The molecule has 2 unspecified atom stereocenters. The van der Waals surface area contributed by atoms with Gasteiger partial charge in [-0.2, -0.15) is 0 Å². The zero-order chi connectivity index (χ0) is 14.6. The maximum absolute atomic E-state index is 13.4. The molecule has 0 heterocycles. The predicted octanol–water partition coefficient (Wildman–Crippen LogP) is 4.56. The van der Waals surface area contributed by atoms with Crippen LogP contribution in [-0.2, 0) is 6.42 Å². The molecule has 0 amide bonds. The Hall–Kier alpha value is -0.890. The molecule has 1 aromatic carbocycles. The predicted molar refractivity (Wildman–Crippen MR) is 83.3 cm³/mol. The van der Waals surface area contributed by atoms with Crippen LogP contribution in [0.1, 0.15) is 52.0 Å². The molecule has 2 atom stereocenters. The highest BCUT2D eigenvalue weighted by Gasteiger charge is 2.39. The Balaban J connectivity index is 2.11. The fourth-order valence-corrected chi connectivity index (χ4v) is 3.70. The summed E-state index contributed by atoms with van der Waals surface area (Å²) >= 11 is 0. The molecule has 1 N–H and O–H groups in total. The first-order chi connectivity index (χ1) is 9.53. The summed E-state index contributed by atoms with van der Waals surface area (Å²) in [6.07, 6.45) is 6.01. The van der Waals surface area contributed by atoms with Gasteiger partial charge in [-0.05, 0) is 61.3 Å². The van der Waals surface area contributed by atoms with Crippen LogP contribution in [0.25, 0.3) is 0 Å². The maximum atomic E-state index is 13.4. The summed E-state index contributed by atoms with van der Waals surface area (Å²) in [5.41, 5.74) is 1.51. The lowest BCUT2D eigenvalue weighted by Crippen LogP contribution is -2.42. The number of halogens is 1. The highest BCUT2D eigenvalue weighted by molar-refractivity contribution is 5.18. The molecule has 20 heavy (non-hydrogen) atoms. The lowest BCUT2D eigenvalue weighted by molar-refractivity contribution is 0.195. The lowest BCUT2D eigenvalue weighted by atomic mass is 9.76. The van der Waals surface area contributed by atoms with Crippen molar-refractivity contribution >= 4 is 0 Å². The van der Waals surface area contributed by atoms with Crippen LogP contribution in [0.2, 0.25) is 0 Å². The van der Waals surface area contributed by atoms with E-state index in [0.717, 1.165) is 24.9 Å². The summed E-state index contributed by atoms with van der Waals surface area (Å²) in [7, 11) is 0. The smallest absolute Gasteiger partial charge is 0.123 e. The van der Waals surface area contributed by atoms with E-state index in [1.54, 1.807) is 6.07 Å². The van der Waals surface area contributed by atoms with E-state index in [2.05, 4.69) is 26.1 Å². The summed E-state index contributed by atoms with van der Waals surface area (Å²) in [4.78, 5) is 0. The van der Waals surface area contributed by atoms with Gasteiger partial charge in [-0.15, -0.1) is 0 Å². The van der Waals surface area contributed by atoms with Crippen molar-refractivity contribution < 1.29 is 4.39 Å². The Bertz CT molecular complexity index is 427. The average molecular weight is 277 g/mol. The van der Waals surface area contributed by atoms with Crippen LogP contribution < -0.4 is 5.32 Å². The molecule has 1 fully saturated rings. The Morgan fingerprint density at radius 1 is 1.40 bits per heavy atom. The molecular weight excluding hydrogens is 249 g/mol. The second-order valence-corrected chi connectivity index (χ2v) is 6.88. The highest BCUT2D eigenvalue weighted by Crippen LogP contribution is 2.44. The van der Waals surface area contributed by atoms with E-state index in [4.69, 9.17) is 0 Å². The first kappa shape index (κ1) is 15.5. The Morgan fingerprint density at radius 2 is 2.20 bits per heavy atom. The van der Waals surface area contributed by atoms with Crippen molar-refractivity contribution in [1.82, 2.24) is 5.32 Å². The van der Waals surface area contributed by atoms with E-state index < -0.39 is 0 Å². The van der Waals surface area contributed by atoms with Crippen molar-refractivity contribution in [3.8, 4) is 0 Å². The fourth-order valence-electron chi connectivity index (χ4n) is 3.70. The molecule has 1 aromatic rings. The summed E-state index contributed by atoms with van der Waals surface area (Å²) in [6.45, 7) is 8.02. The first-order valence-corrected chi connectivity index (χ1v) is 8.01. The molecule has 0 spiro atoms. The van der Waals surface area contributed by atoms with Crippen LogP contribution in [0, 0.1) is 17.2 Å². The molecule has 1 aliphatic rings. The number of rotatable bonds is 6. The van der Waals surface area contributed by atoms with E-state index in [-0.39, 0.29) is 5.82 Å². The van der Waals surface area contributed by atoms with Crippen LogP contribution in [0.3, 0.4) is 0 Å². The molecule has 2 rings (SSSR count). The molecule has 0 aromatic heterocycles. The minimum atomic E-state index is -0.123. The quantitative estimate of drug-likeness (QED) is 0.803. The van der Waals surface area contributed by atoms with Gasteiger partial charge in [0.15, 0.2) is 0 Å². The monoisotopic (exact) mass is 277 g/mol. The van der Waals surface area contributed by atoms with Crippen LogP contribution in [0.4, 0.5) is 4.39 Å². The van der Waals surface area contributed by atoms with E-state index in [1.165, 1.54) is 25.3 Å². The number of hydrogen-bond donors (Lipinski definition) is 1. The van der Waals surface area contributed by atoms with E-state index in [1.807, 2.05) is 12.1 Å². The number of benzene rings is 1. The maximum Gasteiger partial charge on any atom is 0.123 e. The SMILES string of the molecule is CCCNC(Cc1cccc(F)c1)C1CCCC1(C)C. The summed E-state index contributed by atoms with van der Waals surface area (Å²) < 4.78 is 13.4. The van der Waals surface area contributed by atoms with Gasteiger partial charge in [0, 0.05) is 6.04 Å². The second kappa shape index (κ2) is 6.71. The number of nitrogens with one attached hydrogen (secondary N) is 1. The van der Waals surface area contributed by atoms with Crippen molar-refractivity contribution in [3.05, 3.63) is 35.6 Å². The van der Waals surface area contributed by atoms with Crippen LogP contribution in [-0.4, -0.2) is 12.6 Å². The molecule has 0 radical (unpaired) electrons. The molecule has 0 aliphatic heterocycles. The molecule has 0 bridgehead atoms. The zero-order valence-electron chi connectivity index (χ0n) is 13.1. The van der Waals surface area contributed by atoms with Gasteiger partial charge in [0.05, 0.1) is 0 Å². The van der Waals surface area contributed by atoms with Crippen molar-refractivity contribution in [3.63, 3.8) is 0 Å². The number of hydrogen-bond acceptors (Lipinski definition) is 1. The molecule has 112 valence electrons. The fraction of sp³-hybridized carbons (Fsp3) is 0.667. The first-order valence-electron chi connectivity index (χ1n) is 8.01. The van der Waals surface area contributed by atoms with Gasteiger partial charge < -0.3 is 5.32 Å². The topological polar surface area (TPSA) is 12.0 Å². The Kier molecular flexibility index (Phi) is 5.20. The van der Waals surface area contributed by atoms with Crippen molar-refractivity contribution in [2.24, 2.45) is 11.3 Å². The van der Waals surface area contributed by atoms with Crippen LogP contribution >= 0.6 is 0 Å². The molecule has 1 nitrogen and oxygen atoms in total. The van der Waals surface area contributed by atoms with Gasteiger partial charge in [0.25, 0.3) is 0 Å². The van der Waals surface area contributed by atoms with Crippen LogP contribution in [0.15, 0.2) is 24.3 Å². The molecule has 1 aliphatic carbocycles. The summed E-state index contributed by atoms with van der Waals surface area (Å²) in [5, 5.41) is 3.71. The van der Waals surface area contributed by atoms with Gasteiger partial charge >= 0.3 is 0 Å². The minimum absolute atomic E-state index is 0.123.